The number of aryl methyl sites for hydroxylation is 1. The van der Waals surface area contributed by atoms with Crippen molar-refractivity contribution >= 4 is 22.8 Å². The van der Waals surface area contributed by atoms with Crippen LogP contribution in [0.4, 0.5) is 0 Å². The van der Waals surface area contributed by atoms with E-state index >= 15 is 0 Å². The van der Waals surface area contributed by atoms with Crippen molar-refractivity contribution < 1.29 is 9.84 Å². The molecule has 29 heavy (non-hydrogen) atoms. The molecule has 3 aromatic rings. The van der Waals surface area contributed by atoms with Crippen molar-refractivity contribution in [2.45, 2.75) is 32.9 Å². The molecule has 1 fully saturated rings. The molecule has 0 unspecified atom stereocenters. The monoisotopic (exact) mass is 412 g/mol. The van der Waals surface area contributed by atoms with Gasteiger partial charge in [0.25, 0.3) is 0 Å². The van der Waals surface area contributed by atoms with Crippen molar-refractivity contribution in [3.8, 4) is 0 Å². The summed E-state index contributed by atoms with van der Waals surface area (Å²) in [5.41, 5.74) is 5.26. The average Bonchev–Trinajstić information content (AvgIpc) is 3.24. The Kier molecular flexibility index (Phi) is 6.50. The van der Waals surface area contributed by atoms with Gasteiger partial charge in [-0.15, -0.1) is 0 Å². The maximum atomic E-state index is 10.3. The van der Waals surface area contributed by atoms with E-state index in [1.807, 2.05) is 25.1 Å². The maximum absolute atomic E-state index is 10.3. The number of ether oxygens (including phenoxy) is 1. The predicted octanol–water partition coefficient (Wildman–Crippen LogP) is 3.07. The Morgan fingerprint density at radius 1 is 1.21 bits per heavy atom. The number of thioether (sulfide) groups is 1. The van der Waals surface area contributed by atoms with E-state index in [9.17, 15) is 5.11 Å². The van der Waals surface area contributed by atoms with Crippen LogP contribution in [0.2, 0.25) is 0 Å². The number of aliphatic hydroxyl groups is 1. The van der Waals surface area contributed by atoms with Gasteiger partial charge in [-0.3, -0.25) is 4.90 Å². The van der Waals surface area contributed by atoms with Crippen molar-refractivity contribution in [1.29, 1.82) is 0 Å². The van der Waals surface area contributed by atoms with Crippen LogP contribution >= 0.6 is 11.8 Å². The zero-order chi connectivity index (χ0) is 20.2. The molecular weight excluding hydrogens is 384 g/mol. The van der Waals surface area contributed by atoms with Crippen LogP contribution in [-0.2, 0) is 24.6 Å². The molecule has 2 aromatic heterocycles. The highest BCUT2D eigenvalue weighted by molar-refractivity contribution is 7.98. The summed E-state index contributed by atoms with van der Waals surface area (Å²) in [5, 5.41) is 10.3. The number of benzene rings is 1. The number of β-amino-alcohol motifs (C(OH)–C–C–N with tert-alkyl or cyclic N) is 1. The number of hydrogen-bond donors (Lipinski definition) is 1. The van der Waals surface area contributed by atoms with Crippen molar-refractivity contribution in [2.24, 2.45) is 5.92 Å². The molecule has 1 aliphatic rings. The van der Waals surface area contributed by atoms with Crippen LogP contribution in [0.5, 0.6) is 0 Å². The number of fused-ring (bicyclic) bond motifs is 1. The van der Waals surface area contributed by atoms with E-state index in [1.165, 1.54) is 0 Å². The topological polar surface area (TPSA) is 63.4 Å². The normalized spacial score (nSPS) is 20.0. The fraction of sp³-hybridized carbons (Fsp3) is 0.455. The second-order valence-corrected chi connectivity index (χ2v) is 8.63. The fourth-order valence-corrected chi connectivity index (χ4v) is 4.86. The van der Waals surface area contributed by atoms with Crippen molar-refractivity contribution in [1.82, 2.24) is 19.4 Å². The van der Waals surface area contributed by atoms with Gasteiger partial charge in [0, 0.05) is 37.3 Å². The third-order valence-corrected chi connectivity index (χ3v) is 6.27. The van der Waals surface area contributed by atoms with Crippen LogP contribution in [0.15, 0.2) is 42.9 Å². The molecule has 0 bridgehead atoms. The number of nitrogens with zero attached hydrogens (tertiary/aromatic N) is 4. The lowest BCUT2D eigenvalue weighted by Crippen LogP contribution is -2.21. The minimum absolute atomic E-state index is 0.249. The molecule has 0 radical (unpaired) electrons. The maximum Gasteiger partial charge on any atom is 0.123 e. The molecule has 0 saturated carbocycles. The number of aliphatic hydroxyl groups excluding tert-OH is 1. The Morgan fingerprint density at radius 2 is 2.03 bits per heavy atom. The van der Waals surface area contributed by atoms with Crippen LogP contribution in [-0.4, -0.2) is 55.7 Å². The largest absolute Gasteiger partial charge is 0.391 e. The molecule has 7 heteroatoms. The summed E-state index contributed by atoms with van der Waals surface area (Å²) in [6, 6.07) is 10.2. The first-order valence-electron chi connectivity index (χ1n) is 9.96. The highest BCUT2D eigenvalue weighted by atomic mass is 32.2. The Bertz CT molecular complexity index is 947. The number of rotatable bonds is 8. The number of aromatic nitrogens is 3. The average molecular weight is 413 g/mol. The second kappa shape index (κ2) is 9.26. The molecule has 3 heterocycles. The molecule has 0 spiro atoms. The van der Waals surface area contributed by atoms with E-state index < -0.39 is 0 Å². The predicted molar refractivity (Wildman–Crippen MR) is 117 cm³/mol. The molecule has 1 aliphatic heterocycles. The van der Waals surface area contributed by atoms with Crippen molar-refractivity contribution in [3.63, 3.8) is 0 Å². The molecule has 6 nitrogen and oxygen atoms in total. The third kappa shape index (κ3) is 4.64. The van der Waals surface area contributed by atoms with Gasteiger partial charge < -0.3 is 14.4 Å². The highest BCUT2D eigenvalue weighted by Gasteiger charge is 2.31. The van der Waals surface area contributed by atoms with Gasteiger partial charge in [-0.1, -0.05) is 30.3 Å². The van der Waals surface area contributed by atoms with Gasteiger partial charge in [0.1, 0.15) is 13.1 Å². The number of likely N-dealkylation sites (tertiary alicyclic amines) is 1. The first kappa shape index (κ1) is 20.3. The van der Waals surface area contributed by atoms with Crippen LogP contribution < -0.4 is 0 Å². The lowest BCUT2D eigenvalue weighted by atomic mass is 10.1. The molecule has 4 rings (SSSR count). The molecular formula is C22H28N4O2S. The molecule has 1 saturated heterocycles. The lowest BCUT2D eigenvalue weighted by molar-refractivity contribution is 0.0665. The smallest absolute Gasteiger partial charge is 0.123 e. The van der Waals surface area contributed by atoms with E-state index in [4.69, 9.17) is 4.74 Å². The zero-order valence-corrected chi connectivity index (χ0v) is 17.8. The van der Waals surface area contributed by atoms with Gasteiger partial charge in [-0.25, -0.2) is 9.97 Å². The summed E-state index contributed by atoms with van der Waals surface area (Å²) < 4.78 is 8.08. The molecule has 2 atom stereocenters. The van der Waals surface area contributed by atoms with E-state index in [1.54, 1.807) is 18.1 Å². The van der Waals surface area contributed by atoms with Crippen LogP contribution in [0.25, 0.3) is 11.0 Å². The minimum Gasteiger partial charge on any atom is -0.391 e. The van der Waals surface area contributed by atoms with Crippen LogP contribution in [0, 0.1) is 12.8 Å². The first-order chi connectivity index (χ1) is 14.2. The fourth-order valence-electron chi connectivity index (χ4n) is 4.10. The number of hydrogen-bond acceptors (Lipinski definition) is 6. The summed E-state index contributed by atoms with van der Waals surface area (Å²) in [6.45, 7) is 5.44. The Hall–Kier alpha value is -1.93. The SMILES string of the molecule is CSC[C@H]1CN(Cc2cn(COCc3ccccc3)c3c(C)ncnc23)C[C@H]1O. The molecule has 154 valence electrons. The summed E-state index contributed by atoms with van der Waals surface area (Å²) >= 11 is 1.80. The zero-order valence-electron chi connectivity index (χ0n) is 17.0. The Balaban J connectivity index is 1.50. The Labute approximate surface area is 175 Å². The van der Waals surface area contributed by atoms with E-state index in [0.29, 0.717) is 25.8 Å². The van der Waals surface area contributed by atoms with E-state index in [2.05, 4.69) is 44.0 Å². The molecule has 0 amide bonds. The summed E-state index contributed by atoms with van der Waals surface area (Å²) in [6.07, 6.45) is 5.61. The van der Waals surface area contributed by atoms with Crippen LogP contribution in [0.1, 0.15) is 16.8 Å². The van der Waals surface area contributed by atoms with Gasteiger partial charge in [0.05, 0.1) is 29.4 Å². The van der Waals surface area contributed by atoms with E-state index in [0.717, 1.165) is 46.7 Å². The summed E-state index contributed by atoms with van der Waals surface area (Å²) in [5.74, 6) is 1.33. The third-order valence-electron chi connectivity index (χ3n) is 5.51. The van der Waals surface area contributed by atoms with Gasteiger partial charge >= 0.3 is 0 Å². The highest BCUT2D eigenvalue weighted by Crippen LogP contribution is 2.26. The van der Waals surface area contributed by atoms with E-state index in [-0.39, 0.29) is 6.10 Å². The second-order valence-electron chi connectivity index (χ2n) is 7.72. The van der Waals surface area contributed by atoms with Gasteiger partial charge in [-0.05, 0) is 24.5 Å². The lowest BCUT2D eigenvalue weighted by Gasteiger charge is -2.14. The first-order valence-corrected chi connectivity index (χ1v) is 11.4. The Morgan fingerprint density at radius 3 is 2.83 bits per heavy atom. The molecule has 0 aliphatic carbocycles. The van der Waals surface area contributed by atoms with Gasteiger partial charge in [0.2, 0.25) is 0 Å². The van der Waals surface area contributed by atoms with Gasteiger partial charge in [-0.2, -0.15) is 11.8 Å². The molecule has 1 aromatic carbocycles. The molecule has 1 N–H and O–H groups in total. The minimum atomic E-state index is -0.249. The summed E-state index contributed by atoms with van der Waals surface area (Å²) in [4.78, 5) is 11.3. The summed E-state index contributed by atoms with van der Waals surface area (Å²) in [7, 11) is 0. The standard InChI is InChI=1S/C22H28N4O2S/c1-16-22-21(24-14-23-16)18(8-25-9-19(13-29-2)20(27)11-25)10-26(22)15-28-12-17-6-4-3-5-7-17/h3-7,10,14,19-20,27H,8-9,11-13,15H2,1-2H3/t19-,20-/m1/s1. The quantitative estimate of drug-likeness (QED) is 0.614. The van der Waals surface area contributed by atoms with Crippen molar-refractivity contribution in [2.75, 3.05) is 25.1 Å². The van der Waals surface area contributed by atoms with Crippen molar-refractivity contribution in [3.05, 3.63) is 59.7 Å². The van der Waals surface area contributed by atoms with Crippen LogP contribution in [0.3, 0.4) is 0 Å². The van der Waals surface area contributed by atoms with Gasteiger partial charge in [0.15, 0.2) is 0 Å².